The second kappa shape index (κ2) is 4.54. The molecule has 2 heterocycles. The molecule has 1 aliphatic rings. The molecule has 1 aliphatic heterocycles. The quantitative estimate of drug-likeness (QED) is 0.530. The molecule has 1 amide bonds. The van der Waals surface area contributed by atoms with E-state index in [-0.39, 0.29) is 5.91 Å². The second-order valence-corrected chi connectivity index (χ2v) is 6.27. The van der Waals surface area contributed by atoms with Crippen molar-refractivity contribution in [2.45, 2.75) is 27.0 Å². The maximum Gasteiger partial charge on any atom is 0.230 e. The van der Waals surface area contributed by atoms with Gasteiger partial charge in [0.05, 0.1) is 22.9 Å². The molecule has 1 atom stereocenters. The van der Waals surface area contributed by atoms with Gasteiger partial charge in [-0.25, -0.2) is 4.99 Å². The van der Waals surface area contributed by atoms with Gasteiger partial charge in [-0.3, -0.25) is 7.91 Å². The first-order valence-corrected chi connectivity index (χ1v) is 6.46. The summed E-state index contributed by atoms with van der Waals surface area (Å²) in [6, 6.07) is 1.70. The van der Waals surface area contributed by atoms with E-state index in [1.54, 1.807) is 9.18 Å². The van der Waals surface area contributed by atoms with Crippen LogP contribution in [0.15, 0.2) is 11.1 Å². The van der Waals surface area contributed by atoms with Gasteiger partial charge < -0.3 is 15.4 Å². The van der Waals surface area contributed by atoms with E-state index in [9.17, 15) is 9.90 Å². The first kappa shape index (κ1) is 13.3. The lowest BCUT2D eigenvalue weighted by Crippen LogP contribution is -2.27. The van der Waals surface area contributed by atoms with Crippen LogP contribution in [0.4, 0.5) is 11.6 Å². The zero-order chi connectivity index (χ0) is 13.5. The minimum Gasteiger partial charge on any atom is -0.368 e. The number of nitrogens with zero attached hydrogens (tertiary/aromatic N) is 2. The molecule has 2 rings (SSSR count). The van der Waals surface area contributed by atoms with Crippen LogP contribution < -0.4 is 5.32 Å². The number of fused-ring (bicyclic) bond motifs is 1. The molecule has 0 fully saturated rings. The van der Waals surface area contributed by atoms with Crippen LogP contribution in [0.2, 0.25) is 0 Å². The van der Waals surface area contributed by atoms with Crippen molar-refractivity contribution < 1.29 is 9.90 Å². The van der Waals surface area contributed by atoms with Crippen LogP contribution in [0.1, 0.15) is 32.6 Å². The number of nitrogens with one attached hydrogen (secondary N) is 2. The van der Waals surface area contributed by atoms with Crippen molar-refractivity contribution in [1.29, 1.82) is 0 Å². The SMILES string of the molecule is CC(C)(C)C(=O)Nc1cc2c([nH]1)N=CN(I)C2O. The molecule has 0 saturated heterocycles. The number of halogens is 1. The van der Waals surface area contributed by atoms with Gasteiger partial charge in [-0.2, -0.15) is 0 Å². The minimum absolute atomic E-state index is 0.0918. The van der Waals surface area contributed by atoms with Gasteiger partial charge in [-0.15, -0.1) is 0 Å². The molecule has 3 N–H and O–H groups in total. The van der Waals surface area contributed by atoms with Gasteiger partial charge >= 0.3 is 0 Å². The number of aliphatic imine (C=N–C) groups is 1. The zero-order valence-corrected chi connectivity index (χ0v) is 12.5. The van der Waals surface area contributed by atoms with E-state index < -0.39 is 11.6 Å². The summed E-state index contributed by atoms with van der Waals surface area (Å²) in [5.74, 6) is 1.02. The number of aromatic nitrogens is 1. The summed E-state index contributed by atoms with van der Waals surface area (Å²) >= 11 is 1.96. The van der Waals surface area contributed by atoms with Crippen molar-refractivity contribution in [2.24, 2.45) is 10.4 Å². The van der Waals surface area contributed by atoms with Crippen molar-refractivity contribution in [3.63, 3.8) is 0 Å². The number of carbonyl (C=O) groups is 1. The maximum atomic E-state index is 11.8. The average molecular weight is 362 g/mol. The molecule has 0 bridgehead atoms. The summed E-state index contributed by atoms with van der Waals surface area (Å²) in [7, 11) is 0. The lowest BCUT2D eigenvalue weighted by molar-refractivity contribution is -0.123. The summed E-state index contributed by atoms with van der Waals surface area (Å²) in [4.78, 5) is 19.0. The molecule has 1 aromatic heterocycles. The van der Waals surface area contributed by atoms with Gasteiger partial charge in [0.1, 0.15) is 18.0 Å². The van der Waals surface area contributed by atoms with Crippen LogP contribution in [0, 0.1) is 5.41 Å². The van der Waals surface area contributed by atoms with Gasteiger partial charge in [-0.05, 0) is 6.07 Å². The summed E-state index contributed by atoms with van der Waals surface area (Å²) in [6.07, 6.45) is 0.772. The van der Waals surface area contributed by atoms with E-state index in [1.807, 2.05) is 43.6 Å². The number of carbonyl (C=O) groups excluding carboxylic acids is 1. The Balaban J connectivity index is 2.22. The molecule has 0 aromatic carbocycles. The summed E-state index contributed by atoms with van der Waals surface area (Å²) in [6.45, 7) is 5.51. The largest absolute Gasteiger partial charge is 0.368 e. The summed E-state index contributed by atoms with van der Waals surface area (Å²) < 4.78 is 1.56. The molecule has 98 valence electrons. The fourth-order valence-corrected chi connectivity index (χ4v) is 1.87. The maximum absolute atomic E-state index is 11.8. The minimum atomic E-state index is -0.755. The van der Waals surface area contributed by atoms with Gasteiger partial charge in [0.2, 0.25) is 5.91 Å². The molecule has 0 saturated carbocycles. The molecule has 0 spiro atoms. The molecular weight excluding hydrogens is 347 g/mol. The van der Waals surface area contributed by atoms with Gasteiger partial charge in [0.15, 0.2) is 6.23 Å². The lowest BCUT2D eigenvalue weighted by atomic mass is 9.96. The van der Waals surface area contributed by atoms with Crippen LogP contribution in [0.5, 0.6) is 0 Å². The number of amides is 1. The van der Waals surface area contributed by atoms with Crippen molar-refractivity contribution in [1.82, 2.24) is 8.10 Å². The number of hydrogen-bond acceptors (Lipinski definition) is 4. The first-order chi connectivity index (χ1) is 8.29. The smallest absolute Gasteiger partial charge is 0.230 e. The molecule has 0 radical (unpaired) electrons. The van der Waals surface area contributed by atoms with Crippen molar-refractivity contribution in [3.8, 4) is 0 Å². The van der Waals surface area contributed by atoms with Crippen LogP contribution in [-0.2, 0) is 4.79 Å². The van der Waals surface area contributed by atoms with E-state index in [0.29, 0.717) is 17.2 Å². The predicted octanol–water partition coefficient (Wildman–Crippen LogP) is 2.32. The Labute approximate surface area is 119 Å². The number of H-pyrrole nitrogens is 1. The predicted molar refractivity (Wildman–Crippen MR) is 77.8 cm³/mol. The topological polar surface area (TPSA) is 80.7 Å². The molecule has 0 aliphatic carbocycles. The molecule has 7 heteroatoms. The van der Waals surface area contributed by atoms with Crippen LogP contribution >= 0.6 is 22.9 Å². The van der Waals surface area contributed by atoms with Gasteiger partial charge in [0, 0.05) is 11.0 Å². The highest BCUT2D eigenvalue weighted by atomic mass is 127. The highest BCUT2D eigenvalue weighted by molar-refractivity contribution is 14.1. The molecular formula is C11H15IN4O2. The van der Waals surface area contributed by atoms with E-state index in [2.05, 4.69) is 15.3 Å². The van der Waals surface area contributed by atoms with Gasteiger partial charge in [-0.1, -0.05) is 20.8 Å². The van der Waals surface area contributed by atoms with E-state index in [1.165, 1.54) is 6.34 Å². The lowest BCUT2D eigenvalue weighted by Gasteiger charge is -2.21. The third-order valence-electron chi connectivity index (χ3n) is 2.56. The van der Waals surface area contributed by atoms with Crippen molar-refractivity contribution in [2.75, 3.05) is 5.32 Å². The van der Waals surface area contributed by atoms with Gasteiger partial charge in [0.25, 0.3) is 0 Å². The van der Waals surface area contributed by atoms with Crippen LogP contribution in [0.25, 0.3) is 0 Å². The highest BCUT2D eigenvalue weighted by Gasteiger charge is 2.26. The third-order valence-corrected chi connectivity index (χ3v) is 3.34. The summed E-state index contributed by atoms with van der Waals surface area (Å²) in [5, 5.41) is 12.7. The Kier molecular flexibility index (Phi) is 3.37. The monoisotopic (exact) mass is 362 g/mol. The van der Waals surface area contributed by atoms with E-state index >= 15 is 0 Å². The van der Waals surface area contributed by atoms with E-state index in [0.717, 1.165) is 0 Å². The normalized spacial score (nSPS) is 18.7. The fraction of sp³-hybridized carbons (Fsp3) is 0.455. The third kappa shape index (κ3) is 2.51. The van der Waals surface area contributed by atoms with Crippen LogP contribution in [0.3, 0.4) is 0 Å². The average Bonchev–Trinajstić information content (AvgIpc) is 2.66. The molecule has 6 nitrogen and oxygen atoms in total. The second-order valence-electron chi connectivity index (χ2n) is 5.15. The Bertz CT molecular complexity index is 504. The Morgan fingerprint density at radius 1 is 1.61 bits per heavy atom. The fourth-order valence-electron chi connectivity index (χ4n) is 1.45. The zero-order valence-electron chi connectivity index (χ0n) is 10.4. The number of rotatable bonds is 1. The highest BCUT2D eigenvalue weighted by Crippen LogP contribution is 2.35. The molecule has 18 heavy (non-hydrogen) atoms. The van der Waals surface area contributed by atoms with Crippen LogP contribution in [-0.4, -0.2) is 25.4 Å². The standard InChI is InChI=1S/C11H15IN4O2/c1-11(2,3)10(18)15-7-4-6-8(14-7)13-5-16(12)9(6)17/h4-5,9,14,17H,1-3H3,(H,15,18). The number of aromatic amines is 1. The number of hydrogen-bond donors (Lipinski definition) is 3. The van der Waals surface area contributed by atoms with E-state index in [4.69, 9.17) is 0 Å². The summed E-state index contributed by atoms with van der Waals surface area (Å²) in [5.41, 5.74) is 0.180. The molecule has 1 aromatic rings. The van der Waals surface area contributed by atoms with Crippen molar-refractivity contribution >= 4 is 46.7 Å². The number of anilines is 1. The Morgan fingerprint density at radius 3 is 2.89 bits per heavy atom. The molecule has 1 unspecified atom stereocenters. The first-order valence-electron chi connectivity index (χ1n) is 5.50. The van der Waals surface area contributed by atoms with Crippen molar-refractivity contribution in [3.05, 3.63) is 11.6 Å². The number of aliphatic hydroxyl groups excluding tert-OH is 1. The number of aliphatic hydroxyl groups is 1. The Morgan fingerprint density at radius 2 is 2.28 bits per heavy atom. The Hall–Kier alpha value is -1.09.